The van der Waals surface area contributed by atoms with E-state index in [0.29, 0.717) is 17.8 Å². The molecule has 1 aliphatic carbocycles. The number of carbonyl (C=O) groups is 1. The second-order valence-electron chi connectivity index (χ2n) is 9.33. The molecule has 0 spiro atoms. The van der Waals surface area contributed by atoms with E-state index < -0.39 is 0 Å². The number of hydrogen-bond acceptors (Lipinski definition) is 1. The maximum atomic E-state index is 13.0. The quantitative estimate of drug-likeness (QED) is 0.538. The van der Waals surface area contributed by atoms with Crippen molar-refractivity contribution in [2.24, 2.45) is 17.8 Å². The fourth-order valence-electron chi connectivity index (χ4n) is 4.15. The van der Waals surface area contributed by atoms with E-state index in [2.05, 4.69) is 53.3 Å². The van der Waals surface area contributed by atoms with Crippen LogP contribution >= 0.6 is 0 Å². The van der Waals surface area contributed by atoms with Gasteiger partial charge in [-0.2, -0.15) is 0 Å². The molecule has 0 aromatic heterocycles. The van der Waals surface area contributed by atoms with E-state index in [9.17, 15) is 4.79 Å². The Kier molecular flexibility index (Phi) is 7.49. The lowest BCUT2D eigenvalue weighted by Gasteiger charge is -2.37. The van der Waals surface area contributed by atoms with E-state index >= 15 is 0 Å². The van der Waals surface area contributed by atoms with Crippen LogP contribution in [0, 0.1) is 17.8 Å². The first-order chi connectivity index (χ1) is 12.7. The molecule has 1 aliphatic rings. The molecule has 0 unspecified atom stereocenters. The van der Waals surface area contributed by atoms with Crippen LogP contribution in [0.3, 0.4) is 0 Å². The number of nitrogens with zero attached hydrogens (tertiary/aromatic N) is 2. The summed E-state index contributed by atoms with van der Waals surface area (Å²) in [5.74, 6) is 1.63. The topological polar surface area (TPSA) is 32.3 Å². The molecular weight excluding hydrogens is 334 g/mol. The Morgan fingerprint density at radius 3 is 2.44 bits per heavy atom. The van der Waals surface area contributed by atoms with Gasteiger partial charge in [0.1, 0.15) is 0 Å². The number of carbonyl (C=O) groups excluding carboxylic acids is 1. The van der Waals surface area contributed by atoms with Crippen molar-refractivity contribution in [1.29, 1.82) is 0 Å². The lowest BCUT2D eigenvalue weighted by atomic mass is 9.75. The average Bonchev–Trinajstić information content (AvgIpc) is 2.56. The molecule has 2 amide bonds. The number of anilines is 1. The molecule has 2 rings (SSSR count). The number of para-hydroxylation sites is 1. The maximum absolute atomic E-state index is 13.0. The number of quaternary nitrogens is 1. The van der Waals surface area contributed by atoms with E-state index in [0.717, 1.165) is 42.6 Å². The third-order valence-corrected chi connectivity index (χ3v) is 5.60. The molecule has 1 N–H and O–H groups in total. The summed E-state index contributed by atoms with van der Waals surface area (Å²) in [6.07, 6.45) is 4.54. The summed E-state index contributed by atoms with van der Waals surface area (Å²) in [7, 11) is 6.60. The summed E-state index contributed by atoms with van der Waals surface area (Å²) in [5, 5.41) is 3.08. The maximum Gasteiger partial charge on any atom is 0.321 e. The van der Waals surface area contributed by atoms with Gasteiger partial charge in [0.15, 0.2) is 0 Å². The second kappa shape index (κ2) is 9.41. The zero-order chi connectivity index (χ0) is 20.0. The van der Waals surface area contributed by atoms with Gasteiger partial charge in [-0.3, -0.25) is 0 Å². The van der Waals surface area contributed by atoms with Gasteiger partial charge in [-0.1, -0.05) is 43.7 Å². The van der Waals surface area contributed by atoms with Crippen molar-refractivity contribution in [2.75, 3.05) is 46.1 Å². The largest absolute Gasteiger partial charge is 0.331 e. The summed E-state index contributed by atoms with van der Waals surface area (Å²) >= 11 is 0. The van der Waals surface area contributed by atoms with Crippen molar-refractivity contribution in [1.82, 2.24) is 4.90 Å². The van der Waals surface area contributed by atoms with Crippen LogP contribution in [0.5, 0.6) is 0 Å². The van der Waals surface area contributed by atoms with Gasteiger partial charge in [0.05, 0.1) is 27.7 Å². The number of urea groups is 1. The van der Waals surface area contributed by atoms with Gasteiger partial charge < -0.3 is 14.7 Å². The SMILES string of the molecule is CC1=C[C@@H](C)[C@H](CN(CCC[N+](C)(C)C)C(=O)Nc2ccccc2)[C@@H](C)C1. The number of allylic oxidation sites excluding steroid dienone is 2. The molecule has 150 valence electrons. The zero-order valence-electron chi connectivity index (χ0n) is 18.0. The Morgan fingerprint density at radius 1 is 1.19 bits per heavy atom. The Morgan fingerprint density at radius 2 is 1.85 bits per heavy atom. The smallest absolute Gasteiger partial charge is 0.321 e. The van der Waals surface area contributed by atoms with Crippen molar-refractivity contribution in [2.45, 2.75) is 33.6 Å². The molecule has 0 aliphatic heterocycles. The fourth-order valence-corrected chi connectivity index (χ4v) is 4.15. The van der Waals surface area contributed by atoms with Crippen molar-refractivity contribution >= 4 is 11.7 Å². The van der Waals surface area contributed by atoms with Gasteiger partial charge in [0.25, 0.3) is 0 Å². The van der Waals surface area contributed by atoms with Crippen LogP contribution in [-0.4, -0.2) is 56.2 Å². The molecule has 0 bridgehead atoms. The minimum atomic E-state index is 0.0216. The summed E-state index contributed by atoms with van der Waals surface area (Å²) in [6, 6.07) is 9.79. The molecule has 4 heteroatoms. The highest BCUT2D eigenvalue weighted by Crippen LogP contribution is 2.34. The molecule has 1 aromatic rings. The third-order valence-electron chi connectivity index (χ3n) is 5.60. The molecule has 4 nitrogen and oxygen atoms in total. The molecule has 3 atom stereocenters. The van der Waals surface area contributed by atoms with Crippen LogP contribution in [0.1, 0.15) is 33.6 Å². The summed E-state index contributed by atoms with van der Waals surface area (Å²) in [5.41, 5.74) is 2.34. The first kappa shape index (κ1) is 21.5. The molecule has 0 heterocycles. The standard InChI is InChI=1S/C23H37N3O/c1-18-15-19(2)22(20(3)16-18)17-25(13-10-14-26(4,5)6)23(27)24-21-11-8-7-9-12-21/h7-9,11-12,15,19-20,22H,10,13-14,16-17H2,1-6H3/p+1/t19-,20+,22+/m1/s1. The van der Waals surface area contributed by atoms with Crippen LogP contribution in [0.4, 0.5) is 10.5 Å². The normalized spacial score (nSPS) is 22.9. The summed E-state index contributed by atoms with van der Waals surface area (Å²) in [6.45, 7) is 9.53. The van der Waals surface area contributed by atoms with Crippen molar-refractivity contribution < 1.29 is 9.28 Å². The second-order valence-corrected chi connectivity index (χ2v) is 9.33. The first-order valence-electron chi connectivity index (χ1n) is 10.2. The predicted molar refractivity (Wildman–Crippen MR) is 115 cm³/mol. The van der Waals surface area contributed by atoms with E-state index in [1.807, 2.05) is 35.2 Å². The number of amides is 2. The van der Waals surface area contributed by atoms with Gasteiger partial charge in [0, 0.05) is 25.2 Å². The van der Waals surface area contributed by atoms with E-state index in [-0.39, 0.29) is 6.03 Å². The predicted octanol–water partition coefficient (Wildman–Crippen LogP) is 4.86. The first-order valence-corrected chi connectivity index (χ1v) is 10.2. The van der Waals surface area contributed by atoms with E-state index in [1.165, 1.54) is 5.57 Å². The monoisotopic (exact) mass is 372 g/mol. The minimum absolute atomic E-state index is 0.0216. The molecule has 27 heavy (non-hydrogen) atoms. The van der Waals surface area contributed by atoms with Gasteiger partial charge in [-0.25, -0.2) is 4.79 Å². The minimum Gasteiger partial charge on any atom is -0.331 e. The van der Waals surface area contributed by atoms with Crippen molar-refractivity contribution in [3.63, 3.8) is 0 Å². The van der Waals surface area contributed by atoms with Gasteiger partial charge >= 0.3 is 6.03 Å². The number of hydrogen-bond donors (Lipinski definition) is 1. The highest BCUT2D eigenvalue weighted by Gasteiger charge is 2.30. The van der Waals surface area contributed by atoms with Crippen LogP contribution < -0.4 is 5.32 Å². The summed E-state index contributed by atoms with van der Waals surface area (Å²) < 4.78 is 0.923. The lowest BCUT2D eigenvalue weighted by Crippen LogP contribution is -2.44. The molecule has 1 aromatic carbocycles. The molecule has 0 radical (unpaired) electrons. The van der Waals surface area contributed by atoms with Gasteiger partial charge in [0.2, 0.25) is 0 Å². The zero-order valence-corrected chi connectivity index (χ0v) is 18.0. The van der Waals surface area contributed by atoms with Crippen molar-refractivity contribution in [3.8, 4) is 0 Å². The fraction of sp³-hybridized carbons (Fsp3) is 0.609. The third kappa shape index (κ3) is 7.02. The highest BCUT2D eigenvalue weighted by atomic mass is 16.2. The van der Waals surface area contributed by atoms with Crippen LogP contribution in [0.2, 0.25) is 0 Å². The Bertz CT molecular complexity index is 633. The number of nitrogens with one attached hydrogen (secondary N) is 1. The lowest BCUT2D eigenvalue weighted by molar-refractivity contribution is -0.870. The molecule has 0 fully saturated rings. The summed E-state index contributed by atoms with van der Waals surface area (Å²) in [4.78, 5) is 15.1. The molecular formula is C23H38N3O+. The Hall–Kier alpha value is -1.81. The average molecular weight is 373 g/mol. The number of rotatable bonds is 7. The van der Waals surface area contributed by atoms with Gasteiger partial charge in [-0.15, -0.1) is 0 Å². The molecule has 0 saturated heterocycles. The van der Waals surface area contributed by atoms with Gasteiger partial charge in [-0.05, 0) is 43.2 Å². The van der Waals surface area contributed by atoms with Crippen molar-refractivity contribution in [3.05, 3.63) is 42.0 Å². The Balaban J connectivity index is 2.07. The Labute approximate surface area is 165 Å². The van der Waals surface area contributed by atoms with E-state index in [1.54, 1.807) is 0 Å². The van der Waals surface area contributed by atoms with E-state index in [4.69, 9.17) is 0 Å². The molecule has 0 saturated carbocycles. The van der Waals surface area contributed by atoms with Crippen LogP contribution in [0.15, 0.2) is 42.0 Å². The van der Waals surface area contributed by atoms with Crippen LogP contribution in [-0.2, 0) is 0 Å². The number of benzene rings is 1. The van der Waals surface area contributed by atoms with Crippen LogP contribution in [0.25, 0.3) is 0 Å². The highest BCUT2D eigenvalue weighted by molar-refractivity contribution is 5.89.